The van der Waals surface area contributed by atoms with Crippen molar-refractivity contribution < 1.29 is 27.6 Å². The Bertz CT molecular complexity index is 1060. The summed E-state index contributed by atoms with van der Waals surface area (Å²) in [7, 11) is 0. The third-order valence-corrected chi connectivity index (χ3v) is 4.19. The average molecular weight is 403 g/mol. The van der Waals surface area contributed by atoms with Crippen LogP contribution in [0.5, 0.6) is 17.2 Å². The second-order valence-corrected chi connectivity index (χ2v) is 6.28. The van der Waals surface area contributed by atoms with Crippen LogP contribution >= 0.6 is 0 Å². The van der Waals surface area contributed by atoms with Crippen LogP contribution in [-0.2, 0) is 0 Å². The Hall–Kier alpha value is -3.55. The molecule has 0 saturated heterocycles. The maximum atomic E-state index is 14.2. The van der Waals surface area contributed by atoms with Gasteiger partial charge in [-0.3, -0.25) is 10.1 Å². The van der Waals surface area contributed by atoms with Gasteiger partial charge in [-0.2, -0.15) is 0 Å². The average Bonchev–Trinajstić information content (AvgIpc) is 2.67. The fourth-order valence-corrected chi connectivity index (χ4v) is 2.78. The Kier molecular flexibility index (Phi) is 5.72. The van der Waals surface area contributed by atoms with Crippen LogP contribution in [0.4, 0.5) is 18.9 Å². The van der Waals surface area contributed by atoms with E-state index in [4.69, 9.17) is 9.47 Å². The molecule has 0 N–H and O–H groups in total. The van der Waals surface area contributed by atoms with E-state index in [1.165, 1.54) is 26.0 Å². The molecule has 5 nitrogen and oxygen atoms in total. The van der Waals surface area contributed by atoms with Gasteiger partial charge in [0, 0.05) is 12.1 Å². The predicted molar refractivity (Wildman–Crippen MR) is 99.7 cm³/mol. The van der Waals surface area contributed by atoms with Gasteiger partial charge in [0.25, 0.3) is 0 Å². The van der Waals surface area contributed by atoms with Crippen molar-refractivity contribution in [3.05, 3.63) is 93.3 Å². The molecule has 0 heterocycles. The zero-order valence-electron chi connectivity index (χ0n) is 15.5. The summed E-state index contributed by atoms with van der Waals surface area (Å²) in [4.78, 5) is 10.6. The molecule has 3 aromatic rings. The third kappa shape index (κ3) is 4.31. The topological polar surface area (TPSA) is 61.6 Å². The van der Waals surface area contributed by atoms with E-state index in [1.54, 1.807) is 30.3 Å². The van der Waals surface area contributed by atoms with E-state index in [1.807, 2.05) is 0 Å². The zero-order chi connectivity index (χ0) is 21.1. The molecule has 3 rings (SSSR count). The number of nitrogens with zero attached hydrogens (tertiary/aromatic N) is 1. The molecular formula is C21H16F3NO4. The Balaban J connectivity index is 1.96. The van der Waals surface area contributed by atoms with Crippen LogP contribution in [0.2, 0.25) is 0 Å². The highest BCUT2D eigenvalue weighted by atomic mass is 19.2. The lowest BCUT2D eigenvalue weighted by Crippen LogP contribution is -2.11. The highest BCUT2D eigenvalue weighted by Gasteiger charge is 2.26. The zero-order valence-corrected chi connectivity index (χ0v) is 15.5. The summed E-state index contributed by atoms with van der Waals surface area (Å²) < 4.78 is 53.4. The van der Waals surface area contributed by atoms with Crippen LogP contribution in [0.15, 0.2) is 54.6 Å². The van der Waals surface area contributed by atoms with Crippen molar-refractivity contribution >= 4 is 5.69 Å². The second-order valence-electron chi connectivity index (χ2n) is 6.28. The minimum Gasteiger partial charge on any atom is -0.479 e. The van der Waals surface area contributed by atoms with E-state index >= 15 is 0 Å². The maximum Gasteiger partial charge on any atom is 0.311 e. The SMILES string of the molecule is Cc1cc(F)c(C(C)Oc2cc(Oc3ccccc3)ccc2[N+](=O)[O-])c(F)c1F. The van der Waals surface area contributed by atoms with Crippen LogP contribution in [0.3, 0.4) is 0 Å². The molecule has 1 unspecified atom stereocenters. The molecule has 0 aliphatic carbocycles. The van der Waals surface area contributed by atoms with E-state index in [0.29, 0.717) is 5.75 Å². The summed E-state index contributed by atoms with van der Waals surface area (Å²) in [5.41, 5.74) is -1.28. The van der Waals surface area contributed by atoms with Crippen LogP contribution in [0, 0.1) is 34.5 Å². The maximum absolute atomic E-state index is 14.2. The number of para-hydroxylation sites is 1. The summed E-state index contributed by atoms with van der Waals surface area (Å²) in [6.45, 7) is 2.50. The number of rotatable bonds is 6. The minimum atomic E-state index is -1.39. The van der Waals surface area contributed by atoms with Crippen molar-refractivity contribution in [2.24, 2.45) is 0 Å². The summed E-state index contributed by atoms with van der Waals surface area (Å²) in [5.74, 6) is -3.16. The van der Waals surface area contributed by atoms with E-state index in [2.05, 4.69) is 0 Å². The summed E-state index contributed by atoms with van der Waals surface area (Å²) in [5, 5.41) is 11.3. The lowest BCUT2D eigenvalue weighted by Gasteiger charge is -2.18. The summed E-state index contributed by atoms with van der Waals surface area (Å²) >= 11 is 0. The molecule has 150 valence electrons. The van der Waals surface area contributed by atoms with Gasteiger partial charge < -0.3 is 9.47 Å². The molecule has 0 fully saturated rings. The summed E-state index contributed by atoms with van der Waals surface area (Å²) in [6, 6.07) is 13.3. The van der Waals surface area contributed by atoms with Crippen LogP contribution < -0.4 is 9.47 Å². The Morgan fingerprint density at radius 3 is 2.31 bits per heavy atom. The molecule has 3 aromatic carbocycles. The number of nitro benzene ring substituents is 1. The highest BCUT2D eigenvalue weighted by molar-refractivity contribution is 5.51. The normalized spacial score (nSPS) is 11.8. The van der Waals surface area contributed by atoms with E-state index < -0.39 is 39.7 Å². The summed E-state index contributed by atoms with van der Waals surface area (Å²) in [6.07, 6.45) is -1.34. The van der Waals surface area contributed by atoms with Crippen LogP contribution in [-0.4, -0.2) is 4.92 Å². The third-order valence-electron chi connectivity index (χ3n) is 4.19. The molecule has 0 saturated carbocycles. The van der Waals surface area contributed by atoms with Crippen LogP contribution in [0.25, 0.3) is 0 Å². The number of hydrogen-bond donors (Lipinski definition) is 0. The van der Waals surface area contributed by atoms with Gasteiger partial charge in [-0.25, -0.2) is 13.2 Å². The minimum absolute atomic E-state index is 0.194. The predicted octanol–water partition coefficient (Wildman–Crippen LogP) is 6.25. The molecule has 0 amide bonds. The first-order valence-electron chi connectivity index (χ1n) is 8.60. The Morgan fingerprint density at radius 1 is 0.966 bits per heavy atom. The van der Waals surface area contributed by atoms with Gasteiger partial charge in [-0.15, -0.1) is 0 Å². The molecule has 8 heteroatoms. The fraction of sp³-hybridized carbons (Fsp3) is 0.143. The monoisotopic (exact) mass is 403 g/mol. The molecule has 0 aliphatic heterocycles. The lowest BCUT2D eigenvalue weighted by atomic mass is 10.1. The molecule has 0 bridgehead atoms. The smallest absolute Gasteiger partial charge is 0.311 e. The van der Waals surface area contributed by atoms with Crippen molar-refractivity contribution in [3.63, 3.8) is 0 Å². The van der Waals surface area contributed by atoms with E-state index in [-0.39, 0.29) is 17.1 Å². The number of hydrogen-bond acceptors (Lipinski definition) is 4. The number of halogens is 3. The lowest BCUT2D eigenvalue weighted by molar-refractivity contribution is -0.386. The van der Waals surface area contributed by atoms with Crippen molar-refractivity contribution in [2.45, 2.75) is 20.0 Å². The molecule has 1 atom stereocenters. The van der Waals surface area contributed by atoms with Crippen molar-refractivity contribution in [1.29, 1.82) is 0 Å². The van der Waals surface area contributed by atoms with Gasteiger partial charge >= 0.3 is 5.69 Å². The molecule has 0 radical (unpaired) electrons. The Morgan fingerprint density at radius 2 is 1.66 bits per heavy atom. The Labute approximate surface area is 164 Å². The molecule has 0 aliphatic rings. The van der Waals surface area contributed by atoms with Gasteiger partial charge in [0.1, 0.15) is 23.4 Å². The fourth-order valence-electron chi connectivity index (χ4n) is 2.78. The van der Waals surface area contributed by atoms with Gasteiger partial charge in [0.15, 0.2) is 11.6 Å². The molecule has 0 spiro atoms. The number of aryl methyl sites for hydroxylation is 1. The van der Waals surface area contributed by atoms with Crippen molar-refractivity contribution in [3.8, 4) is 17.2 Å². The quantitative estimate of drug-likeness (QED) is 0.277. The number of benzene rings is 3. The first kappa shape index (κ1) is 20.2. The largest absolute Gasteiger partial charge is 0.479 e. The first-order chi connectivity index (χ1) is 13.8. The number of ether oxygens (including phenoxy) is 2. The highest BCUT2D eigenvalue weighted by Crippen LogP contribution is 2.37. The van der Waals surface area contributed by atoms with E-state index in [9.17, 15) is 23.3 Å². The first-order valence-corrected chi connectivity index (χ1v) is 8.60. The van der Waals surface area contributed by atoms with Gasteiger partial charge in [-0.1, -0.05) is 18.2 Å². The van der Waals surface area contributed by atoms with Crippen molar-refractivity contribution in [1.82, 2.24) is 0 Å². The van der Waals surface area contributed by atoms with E-state index in [0.717, 1.165) is 12.1 Å². The standard InChI is InChI=1S/C21H16F3NO4/c1-12-10-16(22)19(21(24)20(12)23)13(2)28-18-11-15(8-9-17(18)25(26)27)29-14-6-4-3-5-7-14/h3-11,13H,1-2H3. The molecule has 0 aromatic heterocycles. The van der Waals surface area contributed by atoms with Crippen molar-refractivity contribution in [2.75, 3.05) is 0 Å². The van der Waals surface area contributed by atoms with Gasteiger partial charge in [0.05, 0.1) is 10.5 Å². The number of nitro groups is 1. The van der Waals surface area contributed by atoms with Gasteiger partial charge in [-0.05, 0) is 43.7 Å². The van der Waals surface area contributed by atoms with Gasteiger partial charge in [0.2, 0.25) is 5.75 Å². The van der Waals surface area contributed by atoms with Crippen LogP contribution in [0.1, 0.15) is 24.2 Å². The molecular weight excluding hydrogens is 387 g/mol. The molecule has 29 heavy (non-hydrogen) atoms. The second kappa shape index (κ2) is 8.22.